The Bertz CT molecular complexity index is 647. The third-order valence-corrected chi connectivity index (χ3v) is 4.73. The lowest BCUT2D eigenvalue weighted by Gasteiger charge is -2.27. The predicted octanol–water partition coefficient (Wildman–Crippen LogP) is 4.37. The minimum absolute atomic E-state index is 0.447. The Morgan fingerprint density at radius 2 is 1.78 bits per heavy atom. The fourth-order valence-electron chi connectivity index (χ4n) is 3.55. The van der Waals surface area contributed by atoms with Crippen LogP contribution in [0, 0.1) is 5.92 Å². The highest BCUT2D eigenvalue weighted by Gasteiger charge is 2.27. The lowest BCUT2D eigenvalue weighted by molar-refractivity contribution is 0.181. The van der Waals surface area contributed by atoms with Crippen molar-refractivity contribution in [2.24, 2.45) is 5.92 Å². The number of fused-ring (bicyclic) bond motifs is 1. The second-order valence-electron chi connectivity index (χ2n) is 7.19. The number of anilines is 1. The topological polar surface area (TPSA) is 23.5 Å². The Morgan fingerprint density at radius 1 is 1.09 bits per heavy atom. The molecule has 0 saturated carbocycles. The van der Waals surface area contributed by atoms with Gasteiger partial charge in [-0.25, -0.2) is 0 Å². The van der Waals surface area contributed by atoms with Gasteiger partial charge in [0.1, 0.15) is 0 Å². The molecule has 1 aliphatic heterocycles. The molecule has 2 heteroatoms. The van der Waals surface area contributed by atoms with Crippen molar-refractivity contribution in [2.75, 3.05) is 11.4 Å². The molecule has 0 radical (unpaired) electrons. The summed E-state index contributed by atoms with van der Waals surface area (Å²) < 4.78 is 0. The van der Waals surface area contributed by atoms with E-state index in [1.807, 2.05) is 0 Å². The maximum absolute atomic E-state index is 10.7. The molecular formula is C21H27NO. The molecule has 0 saturated heterocycles. The molecule has 1 heterocycles. The number of hydrogen-bond donors (Lipinski definition) is 1. The minimum Gasteiger partial charge on any atom is -0.387 e. The monoisotopic (exact) mass is 309 g/mol. The third kappa shape index (κ3) is 3.59. The van der Waals surface area contributed by atoms with Crippen LogP contribution in [0.15, 0.2) is 48.5 Å². The first kappa shape index (κ1) is 16.1. The SMILES string of the molecule is CC(C)Cc1ccc(C(O)CN2c3ccccc3CC2C)cc1. The smallest absolute Gasteiger partial charge is 0.0964 e. The van der Waals surface area contributed by atoms with Gasteiger partial charge in [0.15, 0.2) is 0 Å². The molecule has 0 fully saturated rings. The zero-order valence-corrected chi connectivity index (χ0v) is 14.4. The zero-order chi connectivity index (χ0) is 16.4. The van der Waals surface area contributed by atoms with Crippen LogP contribution in [-0.2, 0) is 12.8 Å². The summed E-state index contributed by atoms with van der Waals surface area (Å²) in [6.07, 6.45) is 1.71. The van der Waals surface area contributed by atoms with Gasteiger partial charge in [-0.05, 0) is 48.4 Å². The molecule has 1 aliphatic rings. The van der Waals surface area contributed by atoms with E-state index in [1.165, 1.54) is 16.8 Å². The number of hydrogen-bond acceptors (Lipinski definition) is 2. The number of aliphatic hydroxyl groups excluding tert-OH is 1. The van der Waals surface area contributed by atoms with Crippen LogP contribution in [0.4, 0.5) is 5.69 Å². The van der Waals surface area contributed by atoms with Crippen molar-refractivity contribution in [1.29, 1.82) is 0 Å². The molecule has 3 rings (SSSR count). The summed E-state index contributed by atoms with van der Waals surface area (Å²) in [5.41, 5.74) is 5.01. The summed E-state index contributed by atoms with van der Waals surface area (Å²) in [5.74, 6) is 0.660. The van der Waals surface area contributed by atoms with Crippen LogP contribution in [0.25, 0.3) is 0 Å². The Hall–Kier alpha value is -1.80. The van der Waals surface area contributed by atoms with E-state index in [1.54, 1.807) is 0 Å². The van der Waals surface area contributed by atoms with Gasteiger partial charge in [0.2, 0.25) is 0 Å². The van der Waals surface area contributed by atoms with Crippen LogP contribution in [-0.4, -0.2) is 17.7 Å². The van der Waals surface area contributed by atoms with Crippen molar-refractivity contribution >= 4 is 5.69 Å². The van der Waals surface area contributed by atoms with E-state index in [0.717, 1.165) is 18.4 Å². The zero-order valence-electron chi connectivity index (χ0n) is 14.4. The molecule has 23 heavy (non-hydrogen) atoms. The fraction of sp³-hybridized carbons (Fsp3) is 0.429. The predicted molar refractivity (Wildman–Crippen MR) is 96.9 cm³/mol. The normalized spacial score (nSPS) is 18.3. The number of rotatable bonds is 5. The van der Waals surface area contributed by atoms with Gasteiger partial charge in [-0.15, -0.1) is 0 Å². The van der Waals surface area contributed by atoms with Gasteiger partial charge in [-0.1, -0.05) is 56.3 Å². The molecule has 2 aromatic rings. The Balaban J connectivity index is 1.70. The molecule has 0 amide bonds. The van der Waals surface area contributed by atoms with E-state index in [0.29, 0.717) is 18.5 Å². The van der Waals surface area contributed by atoms with Crippen LogP contribution in [0.5, 0.6) is 0 Å². The van der Waals surface area contributed by atoms with Crippen LogP contribution < -0.4 is 4.90 Å². The fourth-order valence-corrected chi connectivity index (χ4v) is 3.55. The van der Waals surface area contributed by atoms with E-state index >= 15 is 0 Å². The second kappa shape index (κ2) is 6.76. The first-order valence-corrected chi connectivity index (χ1v) is 8.66. The molecule has 1 N–H and O–H groups in total. The van der Waals surface area contributed by atoms with Crippen molar-refractivity contribution in [3.8, 4) is 0 Å². The number of benzene rings is 2. The van der Waals surface area contributed by atoms with Crippen molar-refractivity contribution in [2.45, 2.75) is 45.8 Å². The average Bonchev–Trinajstić information content (AvgIpc) is 2.83. The first-order valence-electron chi connectivity index (χ1n) is 8.66. The van der Waals surface area contributed by atoms with Crippen molar-refractivity contribution in [3.05, 3.63) is 65.2 Å². The van der Waals surface area contributed by atoms with Gasteiger partial charge in [-0.3, -0.25) is 0 Å². The molecule has 2 unspecified atom stereocenters. The van der Waals surface area contributed by atoms with Crippen LogP contribution in [0.2, 0.25) is 0 Å². The summed E-state index contributed by atoms with van der Waals surface area (Å²) >= 11 is 0. The van der Waals surface area contributed by atoms with Crippen molar-refractivity contribution in [3.63, 3.8) is 0 Å². The third-order valence-electron chi connectivity index (χ3n) is 4.73. The number of aliphatic hydroxyl groups is 1. The number of β-amino-alcohol motifs (C(OH)–C–C–N with tert-alkyl or cyclic N) is 1. The minimum atomic E-state index is -0.447. The maximum Gasteiger partial charge on any atom is 0.0964 e. The van der Waals surface area contributed by atoms with Crippen LogP contribution in [0.3, 0.4) is 0 Å². The van der Waals surface area contributed by atoms with Crippen molar-refractivity contribution < 1.29 is 5.11 Å². The summed E-state index contributed by atoms with van der Waals surface area (Å²) in [4.78, 5) is 2.34. The van der Waals surface area contributed by atoms with Gasteiger partial charge < -0.3 is 10.0 Å². The van der Waals surface area contributed by atoms with Gasteiger partial charge in [0, 0.05) is 18.3 Å². The maximum atomic E-state index is 10.7. The second-order valence-corrected chi connectivity index (χ2v) is 7.19. The van der Waals surface area contributed by atoms with Gasteiger partial charge in [-0.2, -0.15) is 0 Å². The Kier molecular flexibility index (Phi) is 4.72. The number of nitrogens with zero attached hydrogens (tertiary/aromatic N) is 1. The quantitative estimate of drug-likeness (QED) is 0.886. The Morgan fingerprint density at radius 3 is 2.48 bits per heavy atom. The molecule has 0 aromatic heterocycles. The van der Waals surface area contributed by atoms with Gasteiger partial charge in [0.05, 0.1) is 6.10 Å². The van der Waals surface area contributed by atoms with Crippen LogP contribution in [0.1, 0.15) is 43.6 Å². The molecule has 2 aromatic carbocycles. The van der Waals surface area contributed by atoms with Gasteiger partial charge in [0.25, 0.3) is 0 Å². The molecule has 122 valence electrons. The van der Waals surface area contributed by atoms with E-state index in [4.69, 9.17) is 0 Å². The summed E-state index contributed by atoms with van der Waals surface area (Å²) in [6.45, 7) is 7.35. The molecular weight excluding hydrogens is 282 g/mol. The largest absolute Gasteiger partial charge is 0.387 e. The summed E-state index contributed by atoms with van der Waals surface area (Å²) in [6, 6.07) is 17.4. The van der Waals surface area contributed by atoms with Crippen LogP contribution >= 0.6 is 0 Å². The molecule has 0 aliphatic carbocycles. The molecule has 0 spiro atoms. The standard InChI is InChI=1S/C21H27NO/c1-15(2)12-17-8-10-18(11-9-17)21(23)14-22-16(3)13-19-6-4-5-7-20(19)22/h4-11,15-16,21,23H,12-14H2,1-3H3. The Labute approximate surface area is 139 Å². The summed E-state index contributed by atoms with van der Waals surface area (Å²) in [7, 11) is 0. The van der Waals surface area contributed by atoms with Gasteiger partial charge >= 0.3 is 0 Å². The highest BCUT2D eigenvalue weighted by atomic mass is 16.3. The van der Waals surface area contributed by atoms with Crippen molar-refractivity contribution in [1.82, 2.24) is 0 Å². The van der Waals surface area contributed by atoms with E-state index < -0.39 is 6.10 Å². The molecule has 0 bridgehead atoms. The lowest BCUT2D eigenvalue weighted by Crippen LogP contribution is -2.33. The summed E-state index contributed by atoms with van der Waals surface area (Å²) in [5, 5.41) is 10.7. The first-order chi connectivity index (χ1) is 11.0. The van der Waals surface area contributed by atoms with E-state index in [9.17, 15) is 5.11 Å². The number of para-hydroxylation sites is 1. The lowest BCUT2D eigenvalue weighted by atomic mass is 10.00. The molecule has 2 nitrogen and oxygen atoms in total. The average molecular weight is 309 g/mol. The van der Waals surface area contributed by atoms with E-state index in [2.05, 4.69) is 74.2 Å². The molecule has 2 atom stereocenters. The highest BCUT2D eigenvalue weighted by Crippen LogP contribution is 2.33. The highest BCUT2D eigenvalue weighted by molar-refractivity contribution is 5.59. The van der Waals surface area contributed by atoms with E-state index in [-0.39, 0.29) is 0 Å².